The summed E-state index contributed by atoms with van der Waals surface area (Å²) in [7, 11) is 0. The van der Waals surface area contributed by atoms with E-state index in [2.05, 4.69) is 10.3 Å². The van der Waals surface area contributed by atoms with Crippen LogP contribution in [0.3, 0.4) is 0 Å². The number of halogens is 1. The van der Waals surface area contributed by atoms with Gasteiger partial charge in [-0.15, -0.1) is 0 Å². The smallest absolute Gasteiger partial charge is 0.322 e. The van der Waals surface area contributed by atoms with Crippen LogP contribution >= 0.6 is 11.6 Å². The highest BCUT2D eigenvalue weighted by Crippen LogP contribution is 2.23. The molecule has 2 amide bonds. The van der Waals surface area contributed by atoms with Crippen molar-refractivity contribution in [2.24, 2.45) is 0 Å². The van der Waals surface area contributed by atoms with E-state index in [1.807, 2.05) is 17.0 Å². The van der Waals surface area contributed by atoms with Crippen LogP contribution in [-0.4, -0.2) is 70.6 Å². The molecule has 3 N–H and O–H groups in total. The number of hydrogen-bond acceptors (Lipinski definition) is 6. The van der Waals surface area contributed by atoms with E-state index >= 15 is 0 Å². The fourth-order valence-corrected chi connectivity index (χ4v) is 3.26. The lowest BCUT2D eigenvalue weighted by molar-refractivity contribution is -0.135. The SMILES string of the molecule is O=C(O)CNC(=O)c1ncc(N2CCN(C(=O)Cc3ccc(Cl)cc3)CC2)cc1O. The molecule has 2 aromatic rings. The molecule has 3 rings (SSSR count). The number of carbonyl (C=O) groups is 3. The fourth-order valence-electron chi connectivity index (χ4n) is 3.13. The number of carboxylic acid groups (broad SMARTS) is 1. The maximum absolute atomic E-state index is 12.5. The minimum absolute atomic E-state index is 0.0309. The third kappa shape index (κ3) is 5.38. The van der Waals surface area contributed by atoms with Crippen molar-refractivity contribution in [2.75, 3.05) is 37.6 Å². The summed E-state index contributed by atoms with van der Waals surface area (Å²) in [5.74, 6) is -2.26. The van der Waals surface area contributed by atoms with Gasteiger partial charge in [-0.05, 0) is 17.7 Å². The van der Waals surface area contributed by atoms with E-state index in [-0.39, 0.29) is 17.4 Å². The van der Waals surface area contributed by atoms with Crippen LogP contribution < -0.4 is 10.2 Å². The van der Waals surface area contributed by atoms with Gasteiger partial charge in [0.2, 0.25) is 5.91 Å². The Labute approximate surface area is 177 Å². The molecule has 10 heteroatoms. The van der Waals surface area contributed by atoms with Gasteiger partial charge in [0.25, 0.3) is 5.91 Å². The zero-order valence-corrected chi connectivity index (χ0v) is 16.8. The first-order valence-corrected chi connectivity index (χ1v) is 9.67. The number of carbonyl (C=O) groups excluding carboxylic acids is 2. The molecule has 30 heavy (non-hydrogen) atoms. The summed E-state index contributed by atoms with van der Waals surface area (Å²) in [6.07, 6.45) is 1.75. The largest absolute Gasteiger partial charge is 0.505 e. The van der Waals surface area contributed by atoms with Crippen LogP contribution in [0, 0.1) is 0 Å². The van der Waals surface area contributed by atoms with Gasteiger partial charge in [0.15, 0.2) is 5.69 Å². The molecule has 1 aromatic heterocycles. The highest BCUT2D eigenvalue weighted by atomic mass is 35.5. The number of pyridine rings is 1. The molecule has 1 aliphatic rings. The Morgan fingerprint density at radius 3 is 2.37 bits per heavy atom. The average molecular weight is 433 g/mol. The summed E-state index contributed by atoms with van der Waals surface area (Å²) >= 11 is 5.87. The number of carboxylic acids is 1. The van der Waals surface area contributed by atoms with E-state index in [0.29, 0.717) is 43.3 Å². The second-order valence-corrected chi connectivity index (χ2v) is 7.25. The minimum Gasteiger partial charge on any atom is -0.505 e. The Balaban J connectivity index is 1.56. The summed E-state index contributed by atoms with van der Waals surface area (Å²) in [6.45, 7) is 1.59. The van der Waals surface area contributed by atoms with Gasteiger partial charge in [0, 0.05) is 37.3 Å². The van der Waals surface area contributed by atoms with Crippen molar-refractivity contribution >= 4 is 35.1 Å². The molecular formula is C20H21ClN4O5. The Hall–Kier alpha value is -3.33. The standard InChI is InChI=1S/C20H21ClN4O5/c21-14-3-1-13(2-4-14)9-17(27)25-7-5-24(6-8-25)15-10-16(26)19(22-11-15)20(30)23-12-18(28)29/h1-4,10-11,26H,5-9,12H2,(H,23,30)(H,28,29). The van der Waals surface area contributed by atoms with Crippen molar-refractivity contribution in [3.8, 4) is 5.75 Å². The lowest BCUT2D eigenvalue weighted by Gasteiger charge is -2.36. The average Bonchev–Trinajstić information content (AvgIpc) is 2.73. The van der Waals surface area contributed by atoms with Crippen molar-refractivity contribution in [3.63, 3.8) is 0 Å². The van der Waals surface area contributed by atoms with Gasteiger partial charge in [0.05, 0.1) is 18.3 Å². The second kappa shape index (κ2) is 9.45. The Kier molecular flexibility index (Phi) is 6.73. The summed E-state index contributed by atoms with van der Waals surface area (Å²) < 4.78 is 0. The van der Waals surface area contributed by atoms with Gasteiger partial charge in [-0.25, -0.2) is 4.98 Å². The molecule has 2 heterocycles. The zero-order chi connectivity index (χ0) is 21.7. The van der Waals surface area contributed by atoms with Crippen LogP contribution in [0.15, 0.2) is 36.5 Å². The molecule has 0 bridgehead atoms. The molecule has 0 spiro atoms. The fraction of sp³-hybridized carbons (Fsp3) is 0.300. The Morgan fingerprint density at radius 1 is 1.10 bits per heavy atom. The lowest BCUT2D eigenvalue weighted by atomic mass is 10.1. The molecule has 1 fully saturated rings. The van der Waals surface area contributed by atoms with Gasteiger partial charge in [0.1, 0.15) is 12.3 Å². The van der Waals surface area contributed by atoms with Gasteiger partial charge >= 0.3 is 5.97 Å². The number of rotatable bonds is 6. The van der Waals surface area contributed by atoms with E-state index < -0.39 is 18.4 Å². The highest BCUT2D eigenvalue weighted by molar-refractivity contribution is 6.30. The van der Waals surface area contributed by atoms with E-state index in [9.17, 15) is 19.5 Å². The molecule has 0 aliphatic carbocycles. The zero-order valence-electron chi connectivity index (χ0n) is 16.0. The molecule has 0 saturated carbocycles. The molecule has 158 valence electrons. The topological polar surface area (TPSA) is 123 Å². The number of anilines is 1. The predicted octanol–water partition coefficient (Wildman–Crippen LogP) is 1.15. The number of aliphatic carboxylic acids is 1. The van der Waals surface area contributed by atoms with Crippen molar-refractivity contribution in [2.45, 2.75) is 6.42 Å². The van der Waals surface area contributed by atoms with E-state index in [1.165, 1.54) is 12.3 Å². The lowest BCUT2D eigenvalue weighted by Crippen LogP contribution is -2.49. The minimum atomic E-state index is -1.19. The van der Waals surface area contributed by atoms with Gasteiger partial charge in [-0.2, -0.15) is 0 Å². The van der Waals surface area contributed by atoms with Crippen molar-refractivity contribution in [3.05, 3.63) is 52.8 Å². The van der Waals surface area contributed by atoms with Crippen LogP contribution in [0.25, 0.3) is 0 Å². The number of piperazine rings is 1. The number of hydrogen-bond donors (Lipinski definition) is 3. The molecule has 1 saturated heterocycles. The molecule has 0 atom stereocenters. The molecule has 9 nitrogen and oxygen atoms in total. The number of nitrogens with one attached hydrogen (secondary N) is 1. The van der Waals surface area contributed by atoms with E-state index in [0.717, 1.165) is 5.56 Å². The molecule has 1 aromatic carbocycles. The van der Waals surface area contributed by atoms with Crippen molar-refractivity contribution in [1.29, 1.82) is 0 Å². The van der Waals surface area contributed by atoms with E-state index in [1.54, 1.807) is 17.0 Å². The number of nitrogens with zero attached hydrogens (tertiary/aromatic N) is 3. The molecule has 0 unspecified atom stereocenters. The first kappa shape index (κ1) is 21.4. The first-order valence-electron chi connectivity index (χ1n) is 9.29. The number of benzene rings is 1. The monoisotopic (exact) mass is 432 g/mol. The van der Waals surface area contributed by atoms with Crippen molar-refractivity contribution < 1.29 is 24.6 Å². The second-order valence-electron chi connectivity index (χ2n) is 6.81. The molecular weight excluding hydrogens is 412 g/mol. The Morgan fingerprint density at radius 2 is 1.77 bits per heavy atom. The van der Waals surface area contributed by atoms with Gasteiger partial charge in [-0.1, -0.05) is 23.7 Å². The number of aromatic hydroxyl groups is 1. The summed E-state index contributed by atoms with van der Waals surface area (Å²) in [5, 5.41) is 21.5. The van der Waals surface area contributed by atoms with Crippen LogP contribution in [0.1, 0.15) is 16.1 Å². The van der Waals surface area contributed by atoms with Crippen LogP contribution in [0.5, 0.6) is 5.75 Å². The van der Waals surface area contributed by atoms with Gasteiger partial charge < -0.3 is 25.3 Å². The quantitative estimate of drug-likeness (QED) is 0.625. The maximum Gasteiger partial charge on any atom is 0.322 e. The highest BCUT2D eigenvalue weighted by Gasteiger charge is 2.23. The number of amides is 2. The third-order valence-corrected chi connectivity index (χ3v) is 4.99. The summed E-state index contributed by atoms with van der Waals surface area (Å²) in [5.41, 5.74) is 1.28. The Bertz CT molecular complexity index is 943. The predicted molar refractivity (Wildman–Crippen MR) is 110 cm³/mol. The third-order valence-electron chi connectivity index (χ3n) is 4.73. The molecule has 1 aliphatic heterocycles. The number of aromatic nitrogens is 1. The van der Waals surface area contributed by atoms with Crippen molar-refractivity contribution in [1.82, 2.24) is 15.2 Å². The van der Waals surface area contributed by atoms with Crippen LogP contribution in [0.2, 0.25) is 5.02 Å². The van der Waals surface area contributed by atoms with Crippen LogP contribution in [-0.2, 0) is 16.0 Å². The van der Waals surface area contributed by atoms with Crippen LogP contribution in [0.4, 0.5) is 5.69 Å². The molecule has 0 radical (unpaired) electrons. The summed E-state index contributed by atoms with van der Waals surface area (Å²) in [4.78, 5) is 42.6. The first-order chi connectivity index (χ1) is 14.3. The van der Waals surface area contributed by atoms with Gasteiger partial charge in [-0.3, -0.25) is 14.4 Å². The summed E-state index contributed by atoms with van der Waals surface area (Å²) in [6, 6.07) is 8.59. The normalized spacial score (nSPS) is 13.8. The maximum atomic E-state index is 12.5. The van der Waals surface area contributed by atoms with E-state index in [4.69, 9.17) is 16.7 Å².